The van der Waals surface area contributed by atoms with Crippen LogP contribution in [0.5, 0.6) is 0 Å². The summed E-state index contributed by atoms with van der Waals surface area (Å²) < 4.78 is 0. The second-order valence-corrected chi connectivity index (χ2v) is 17.4. The SMILES string of the molecule is c1ccc(-c2ccc3c4ccc5c6cc7c(-c8cccc9ccccc89)c8c9cccc%10cccc(c8c(-c8ccccc8)c7cc6c6ccc(c7cccc2c73)c4c65)c%109)cc1. The van der Waals surface area contributed by atoms with Gasteiger partial charge in [0, 0.05) is 0 Å². The molecule has 0 bridgehead atoms. The molecule has 0 amide bonds. The molecule has 15 aromatic rings. The normalized spacial score (nSPS) is 12.5. The van der Waals surface area contributed by atoms with Crippen molar-refractivity contribution in [2.75, 3.05) is 0 Å². The van der Waals surface area contributed by atoms with Crippen LogP contribution < -0.4 is 0 Å². The highest BCUT2D eigenvalue weighted by Crippen LogP contribution is 2.55. The van der Waals surface area contributed by atoms with Gasteiger partial charge in [-0.1, -0.05) is 194 Å². The number of fused-ring (bicyclic) bond motifs is 10. The smallest absolute Gasteiger partial charge is 0.000719 e. The molecule has 0 N–H and O–H groups in total. The molecule has 15 rings (SSSR count). The molecule has 0 radical (unpaired) electrons. The molecule has 0 aliphatic rings. The van der Waals surface area contributed by atoms with Gasteiger partial charge in [-0.3, -0.25) is 0 Å². The van der Waals surface area contributed by atoms with E-state index in [-0.39, 0.29) is 0 Å². The lowest BCUT2D eigenvalue weighted by atomic mass is 9.84. The summed E-state index contributed by atoms with van der Waals surface area (Å²) in [5, 5.41) is 29.0. The summed E-state index contributed by atoms with van der Waals surface area (Å²) in [6.07, 6.45) is 0. The fourth-order valence-corrected chi connectivity index (χ4v) is 12.0. The molecule has 0 aromatic heterocycles. The summed E-state index contributed by atoms with van der Waals surface area (Å²) in [4.78, 5) is 0. The predicted octanol–water partition coefficient (Wildman–Crippen LogP) is 17.7. The predicted molar refractivity (Wildman–Crippen MR) is 269 cm³/mol. The van der Waals surface area contributed by atoms with E-state index in [4.69, 9.17) is 0 Å². The molecule has 15 aromatic carbocycles. The molecule has 0 heterocycles. The quantitative estimate of drug-likeness (QED) is 0.124. The van der Waals surface area contributed by atoms with Crippen molar-refractivity contribution in [3.05, 3.63) is 206 Å². The Morgan fingerprint density at radius 3 is 1.34 bits per heavy atom. The maximum absolute atomic E-state index is 2.57. The number of hydrogen-bond donors (Lipinski definition) is 0. The lowest BCUT2D eigenvalue weighted by Gasteiger charge is -2.18. The zero-order valence-electron chi connectivity index (χ0n) is 33.6. The Morgan fingerprint density at radius 2 is 0.629 bits per heavy atom. The van der Waals surface area contributed by atoms with Crippen molar-refractivity contribution in [3.63, 3.8) is 0 Å². The van der Waals surface area contributed by atoms with E-state index in [0.29, 0.717) is 0 Å². The van der Waals surface area contributed by atoms with Gasteiger partial charge in [-0.25, -0.2) is 0 Å². The fourth-order valence-electron chi connectivity index (χ4n) is 12.0. The first-order valence-corrected chi connectivity index (χ1v) is 21.8. The molecule has 0 fully saturated rings. The Morgan fingerprint density at radius 1 is 0.177 bits per heavy atom. The molecule has 62 heavy (non-hydrogen) atoms. The first-order chi connectivity index (χ1) is 30.8. The third-order valence-corrected chi connectivity index (χ3v) is 14.5. The largest absolute Gasteiger partial charge is 0.0622 e. The Hall–Kier alpha value is -8.06. The summed E-state index contributed by atoms with van der Waals surface area (Å²) in [5.74, 6) is 0. The molecule has 0 heteroatoms. The third-order valence-electron chi connectivity index (χ3n) is 14.5. The summed E-state index contributed by atoms with van der Waals surface area (Å²) in [6, 6.07) is 77.9. The van der Waals surface area contributed by atoms with Crippen molar-refractivity contribution < 1.29 is 0 Å². The van der Waals surface area contributed by atoms with Crippen LogP contribution in [-0.2, 0) is 0 Å². The topological polar surface area (TPSA) is 0 Å². The maximum Gasteiger partial charge on any atom is -0.000719 e. The molecule has 0 spiro atoms. The molecule has 0 atom stereocenters. The van der Waals surface area contributed by atoms with E-state index < -0.39 is 0 Å². The number of hydrogen-bond acceptors (Lipinski definition) is 0. The zero-order chi connectivity index (χ0) is 40.2. The maximum atomic E-state index is 2.57. The van der Waals surface area contributed by atoms with E-state index in [0.717, 1.165) is 0 Å². The highest BCUT2D eigenvalue weighted by atomic mass is 14.3. The van der Waals surface area contributed by atoms with Crippen LogP contribution in [0.25, 0.3) is 152 Å². The van der Waals surface area contributed by atoms with E-state index in [1.54, 1.807) is 0 Å². The van der Waals surface area contributed by atoms with Crippen LogP contribution >= 0.6 is 0 Å². The van der Waals surface area contributed by atoms with Gasteiger partial charge in [-0.15, -0.1) is 0 Å². The third kappa shape index (κ3) is 4.07. The highest BCUT2D eigenvalue weighted by molar-refractivity contribution is 6.45. The average molecular weight is 779 g/mol. The van der Waals surface area contributed by atoms with E-state index in [1.165, 1.54) is 152 Å². The zero-order valence-corrected chi connectivity index (χ0v) is 33.6. The van der Waals surface area contributed by atoms with Crippen LogP contribution in [0.4, 0.5) is 0 Å². The van der Waals surface area contributed by atoms with Crippen molar-refractivity contribution in [2.45, 2.75) is 0 Å². The highest BCUT2D eigenvalue weighted by Gasteiger charge is 2.26. The van der Waals surface area contributed by atoms with Crippen LogP contribution in [0, 0.1) is 0 Å². The summed E-state index contributed by atoms with van der Waals surface area (Å²) in [5.41, 5.74) is 7.69. The van der Waals surface area contributed by atoms with Gasteiger partial charge in [0.1, 0.15) is 0 Å². The van der Waals surface area contributed by atoms with E-state index in [9.17, 15) is 0 Å². The van der Waals surface area contributed by atoms with E-state index >= 15 is 0 Å². The molecule has 0 saturated heterocycles. The summed E-state index contributed by atoms with van der Waals surface area (Å²) in [6.45, 7) is 0. The summed E-state index contributed by atoms with van der Waals surface area (Å²) >= 11 is 0. The first kappa shape index (κ1) is 32.8. The molecule has 0 nitrogen and oxygen atoms in total. The van der Waals surface area contributed by atoms with Gasteiger partial charge in [-0.2, -0.15) is 0 Å². The second-order valence-electron chi connectivity index (χ2n) is 17.4. The van der Waals surface area contributed by atoms with E-state index in [2.05, 4.69) is 206 Å². The van der Waals surface area contributed by atoms with Crippen LogP contribution in [0.2, 0.25) is 0 Å². The number of benzene rings is 13. The molecule has 282 valence electrons. The van der Waals surface area contributed by atoms with Gasteiger partial charge in [-0.05, 0) is 164 Å². The Kier molecular flexibility index (Phi) is 6.24. The molecule has 0 aliphatic carbocycles. The van der Waals surface area contributed by atoms with Gasteiger partial charge < -0.3 is 0 Å². The van der Waals surface area contributed by atoms with Crippen LogP contribution in [-0.4, -0.2) is 0 Å². The minimum absolute atomic E-state index is 1.25. The second kappa shape index (κ2) is 11.8. The molecular weight excluding hydrogens is 745 g/mol. The molecule has 0 aliphatic heterocycles. The van der Waals surface area contributed by atoms with Gasteiger partial charge in [0.15, 0.2) is 0 Å². The molecule has 0 unspecified atom stereocenters. The van der Waals surface area contributed by atoms with Crippen molar-refractivity contribution in [1.29, 1.82) is 0 Å². The standard InChI is InChI=1S/C62H34/c1-3-13-35(14-4-1)40-27-28-44-46-30-32-48-52-34-54-53(33-51(52)47-31-29-45(58(46)59(47)48)43-24-12-23-41(40)57(43)44)56(38-16-5-2-6-17-38)61-49-25-10-19-37-20-11-26-50(55(37)49)62(61)60(54)42-22-9-18-36-15-7-8-21-39(36)42/h1-34H. The Bertz CT molecular complexity index is 4320. The molecular formula is C62H34. The molecule has 0 saturated carbocycles. The number of rotatable bonds is 3. The fraction of sp³-hybridized carbons (Fsp3) is 0. The summed E-state index contributed by atoms with van der Waals surface area (Å²) in [7, 11) is 0. The van der Waals surface area contributed by atoms with Crippen molar-refractivity contribution >= 4 is 118 Å². The monoisotopic (exact) mass is 778 g/mol. The van der Waals surface area contributed by atoms with Gasteiger partial charge in [0.2, 0.25) is 0 Å². The van der Waals surface area contributed by atoms with Gasteiger partial charge in [0.05, 0.1) is 0 Å². The van der Waals surface area contributed by atoms with E-state index in [1.807, 2.05) is 0 Å². The van der Waals surface area contributed by atoms with Crippen molar-refractivity contribution in [3.8, 4) is 33.4 Å². The van der Waals surface area contributed by atoms with Crippen molar-refractivity contribution in [1.82, 2.24) is 0 Å². The lowest BCUT2D eigenvalue weighted by molar-refractivity contribution is 1.67. The Labute approximate surface area is 356 Å². The Balaban J connectivity index is 1.16. The first-order valence-electron chi connectivity index (χ1n) is 21.8. The van der Waals surface area contributed by atoms with Crippen molar-refractivity contribution in [2.24, 2.45) is 0 Å². The average Bonchev–Trinajstić information content (AvgIpc) is 3.84. The lowest BCUT2D eigenvalue weighted by Crippen LogP contribution is -1.91. The van der Waals surface area contributed by atoms with Crippen LogP contribution in [0.15, 0.2) is 206 Å². The van der Waals surface area contributed by atoms with Crippen LogP contribution in [0.3, 0.4) is 0 Å². The minimum atomic E-state index is 1.25. The van der Waals surface area contributed by atoms with Crippen LogP contribution in [0.1, 0.15) is 0 Å². The minimum Gasteiger partial charge on any atom is -0.0622 e. The van der Waals surface area contributed by atoms with Gasteiger partial charge in [0.25, 0.3) is 0 Å². The van der Waals surface area contributed by atoms with Gasteiger partial charge >= 0.3 is 0 Å².